The van der Waals surface area contributed by atoms with E-state index in [0.29, 0.717) is 0 Å². The van der Waals surface area contributed by atoms with Gasteiger partial charge in [-0.1, -0.05) is 303 Å². The molecule has 3 aromatic heterocycles. The predicted octanol–water partition coefficient (Wildman–Crippen LogP) is 28.2. The van der Waals surface area contributed by atoms with E-state index >= 15 is 0 Å². The zero-order valence-corrected chi connectivity index (χ0v) is 57.1. The van der Waals surface area contributed by atoms with Crippen LogP contribution in [-0.4, -0.2) is 9.13 Å². The third-order valence-electron chi connectivity index (χ3n) is 22.5. The Morgan fingerprint density at radius 3 is 0.781 bits per heavy atom. The van der Waals surface area contributed by atoms with Gasteiger partial charge in [0.1, 0.15) is 11.2 Å². The van der Waals surface area contributed by atoms with E-state index in [1.165, 1.54) is 182 Å². The Morgan fingerprint density at radius 1 is 0.152 bits per heavy atom. The second-order valence-electron chi connectivity index (χ2n) is 28.0. The number of rotatable bonds is 4. The van der Waals surface area contributed by atoms with Crippen molar-refractivity contribution >= 4 is 97.9 Å². The molecule has 0 saturated heterocycles. The van der Waals surface area contributed by atoms with Crippen molar-refractivity contribution in [3.63, 3.8) is 0 Å². The van der Waals surface area contributed by atoms with Crippen LogP contribution >= 0.6 is 0 Å². The molecule has 0 radical (unpaired) electrons. The molecule has 0 atom stereocenters. The lowest BCUT2D eigenvalue weighted by atomic mass is 9.78. The molecule has 3 heteroatoms. The first-order chi connectivity index (χ1) is 52.1. The summed E-state index contributed by atoms with van der Waals surface area (Å²) in [6.07, 6.45) is 0. The molecular formula is C102H62N2O. The van der Waals surface area contributed by atoms with Crippen LogP contribution in [0.1, 0.15) is 0 Å². The van der Waals surface area contributed by atoms with Crippen molar-refractivity contribution in [3.05, 3.63) is 376 Å². The summed E-state index contributed by atoms with van der Waals surface area (Å²) < 4.78 is 11.2. The van der Waals surface area contributed by atoms with Gasteiger partial charge in [0, 0.05) is 43.7 Å². The van der Waals surface area contributed by atoms with Gasteiger partial charge >= 0.3 is 0 Å². The highest BCUT2D eigenvalue weighted by molar-refractivity contribution is 6.26. The molecule has 0 unspecified atom stereocenters. The van der Waals surface area contributed by atoms with E-state index in [2.05, 4.69) is 379 Å². The maximum Gasteiger partial charge on any atom is 0.135 e. The Balaban J connectivity index is 0.000000132. The van der Waals surface area contributed by atoms with E-state index in [0.717, 1.165) is 38.9 Å². The van der Waals surface area contributed by atoms with Crippen LogP contribution in [0.4, 0.5) is 0 Å². The molecule has 0 aliphatic heterocycles. The molecule has 0 amide bonds. The summed E-state index contributed by atoms with van der Waals surface area (Å²) in [4.78, 5) is 0. The largest absolute Gasteiger partial charge is 0.456 e. The van der Waals surface area contributed by atoms with Gasteiger partial charge in [-0.05, 0) is 216 Å². The minimum atomic E-state index is 0.899. The lowest BCUT2D eigenvalue weighted by Gasteiger charge is -2.26. The summed E-state index contributed by atoms with van der Waals surface area (Å²) in [6.45, 7) is 0. The molecule has 3 heterocycles. The van der Waals surface area contributed by atoms with Crippen molar-refractivity contribution in [2.24, 2.45) is 0 Å². The van der Waals surface area contributed by atoms with Crippen molar-refractivity contribution in [1.29, 1.82) is 0 Å². The first kappa shape index (κ1) is 58.9. The molecular weight excluding hydrogens is 1270 g/mol. The Morgan fingerprint density at radius 2 is 0.400 bits per heavy atom. The molecule has 3 nitrogen and oxygen atoms in total. The average molecular weight is 1330 g/mol. The molecule has 0 fully saturated rings. The first-order valence-electron chi connectivity index (χ1n) is 36.3. The van der Waals surface area contributed by atoms with E-state index in [-0.39, 0.29) is 0 Å². The van der Waals surface area contributed by atoms with Crippen LogP contribution in [-0.2, 0) is 0 Å². The number of para-hydroxylation sites is 5. The van der Waals surface area contributed by atoms with Crippen LogP contribution in [0.3, 0.4) is 0 Å². The second kappa shape index (κ2) is 23.4. The van der Waals surface area contributed by atoms with Crippen LogP contribution in [0.25, 0.3) is 221 Å². The quantitative estimate of drug-likeness (QED) is 0.161. The number of furan rings is 1. The molecule has 23 rings (SSSR count). The van der Waals surface area contributed by atoms with E-state index in [1.54, 1.807) is 0 Å². The zero-order chi connectivity index (χ0) is 68.8. The topological polar surface area (TPSA) is 23.0 Å². The van der Waals surface area contributed by atoms with Crippen LogP contribution in [0.2, 0.25) is 0 Å². The molecule has 2 aliphatic rings. The maximum absolute atomic E-state index is 6.31. The van der Waals surface area contributed by atoms with E-state index in [1.807, 2.05) is 6.07 Å². The highest BCUT2D eigenvalue weighted by Gasteiger charge is 2.30. The lowest BCUT2D eigenvalue weighted by molar-refractivity contribution is 0.669. The Kier molecular flexibility index (Phi) is 13.1. The van der Waals surface area contributed by atoms with Gasteiger partial charge in [-0.2, -0.15) is 0 Å². The predicted molar refractivity (Wildman–Crippen MR) is 443 cm³/mol. The van der Waals surface area contributed by atoms with Gasteiger partial charge in [-0.3, -0.25) is 0 Å². The van der Waals surface area contributed by atoms with Crippen LogP contribution in [0, 0.1) is 0 Å². The summed E-state index contributed by atoms with van der Waals surface area (Å²) in [5.41, 5.74) is 33.5. The summed E-state index contributed by atoms with van der Waals surface area (Å²) in [5, 5.41) is 15.0. The minimum absolute atomic E-state index is 0.899. The zero-order valence-electron chi connectivity index (χ0n) is 57.1. The number of aromatic nitrogens is 2. The fourth-order valence-corrected chi connectivity index (χ4v) is 18.0. The Labute approximate surface area is 606 Å². The summed E-state index contributed by atoms with van der Waals surface area (Å²) in [6, 6.07) is 138. The maximum atomic E-state index is 6.31. The van der Waals surface area contributed by atoms with Gasteiger partial charge in [0.2, 0.25) is 0 Å². The second-order valence-corrected chi connectivity index (χ2v) is 28.0. The first-order valence-corrected chi connectivity index (χ1v) is 36.3. The molecule has 0 saturated carbocycles. The third kappa shape index (κ3) is 8.99. The number of hydrogen-bond donors (Lipinski definition) is 0. The van der Waals surface area contributed by atoms with Crippen molar-refractivity contribution in [1.82, 2.24) is 9.13 Å². The van der Waals surface area contributed by atoms with Crippen LogP contribution in [0.5, 0.6) is 0 Å². The molecule has 486 valence electrons. The fraction of sp³-hybridized carbons (Fsp3) is 0. The summed E-state index contributed by atoms with van der Waals surface area (Å²) in [7, 11) is 0. The highest BCUT2D eigenvalue weighted by atomic mass is 16.3. The van der Waals surface area contributed by atoms with Crippen molar-refractivity contribution in [3.8, 4) is 123 Å². The van der Waals surface area contributed by atoms with Crippen molar-refractivity contribution in [2.45, 2.75) is 0 Å². The van der Waals surface area contributed by atoms with Crippen LogP contribution < -0.4 is 0 Å². The van der Waals surface area contributed by atoms with Gasteiger partial charge < -0.3 is 13.6 Å². The monoisotopic (exact) mass is 1330 g/mol. The number of hydrogen-bond acceptors (Lipinski definition) is 1. The molecule has 0 N–H and O–H groups in total. The Hall–Kier alpha value is -13.9. The molecule has 18 aromatic carbocycles. The van der Waals surface area contributed by atoms with Gasteiger partial charge in [0.25, 0.3) is 0 Å². The number of fused-ring (bicyclic) bond motifs is 31. The molecule has 0 bridgehead atoms. The summed E-state index contributed by atoms with van der Waals surface area (Å²) in [5.74, 6) is 0. The lowest BCUT2D eigenvalue weighted by Crippen LogP contribution is -2.02. The smallest absolute Gasteiger partial charge is 0.135 e. The van der Waals surface area contributed by atoms with Gasteiger partial charge in [0.15, 0.2) is 0 Å². The normalized spacial score (nSPS) is 12.0. The van der Waals surface area contributed by atoms with Crippen molar-refractivity contribution < 1.29 is 4.42 Å². The molecule has 0 spiro atoms. The minimum Gasteiger partial charge on any atom is -0.456 e. The fourth-order valence-electron chi connectivity index (χ4n) is 18.0. The van der Waals surface area contributed by atoms with E-state index < -0.39 is 0 Å². The molecule has 21 aromatic rings. The average Bonchev–Trinajstić information content (AvgIpc) is 1.71. The standard InChI is InChI=1S/C54H33N.C48H29NO/c1-3-17-38-36(15-1)40-19-6-8-23-44(40)51-33-35(55-52-27-13-11-24-46(52)47-25-12-14-28-53(47)55)32-49(54(51)48-26-10-9-21-42(38)48)34-29-30-45-41-20-4-2-16-37(41)39-18-5-7-22-43(39)50(45)31-34;1-2-14-33-32(13-1)34-15-3-4-17-36(34)43-29-31(49-44-22-10-7-18-37(44)38-19-8-11-23-45(38)49)28-41(48(43)40-21-6-5-16-35(33)40)30-25-26-47-42(27-30)39-20-9-12-24-46(39)50-47/h1-33H;1-29H. The van der Waals surface area contributed by atoms with Crippen molar-refractivity contribution in [2.75, 3.05) is 0 Å². The summed E-state index contributed by atoms with van der Waals surface area (Å²) >= 11 is 0. The van der Waals surface area contributed by atoms with Crippen LogP contribution in [0.15, 0.2) is 381 Å². The third-order valence-corrected chi connectivity index (χ3v) is 22.5. The molecule has 2 aliphatic carbocycles. The highest BCUT2D eigenvalue weighted by Crippen LogP contribution is 2.55. The molecule has 105 heavy (non-hydrogen) atoms. The SMILES string of the molecule is c1ccc2c(c1)-c1ccccc1-c1cc(-n3c4ccccc4c4ccccc43)cc(-c3ccc4c5ccccc5c5ccccc5c4c3)c1-c1ccccc1-2.c1ccc2c(c1)-c1ccccc1-c1cc(-n3c4ccccc4c4ccccc43)cc(-c3ccc4oc5ccccc5c4c3)c1-c1ccccc1-2. The van der Waals surface area contributed by atoms with Gasteiger partial charge in [0.05, 0.1) is 22.1 Å². The van der Waals surface area contributed by atoms with Gasteiger partial charge in [-0.15, -0.1) is 0 Å². The van der Waals surface area contributed by atoms with Gasteiger partial charge in [-0.25, -0.2) is 0 Å². The number of benzene rings is 18. The van der Waals surface area contributed by atoms with E-state index in [9.17, 15) is 0 Å². The number of nitrogens with zero attached hydrogens (tertiary/aromatic N) is 2. The Bertz CT molecular complexity index is 7090. The van der Waals surface area contributed by atoms with E-state index in [4.69, 9.17) is 4.42 Å².